The zero-order chi connectivity index (χ0) is 16.2. The van der Waals surface area contributed by atoms with E-state index in [2.05, 4.69) is 15.9 Å². The van der Waals surface area contributed by atoms with E-state index in [0.717, 1.165) is 41.6 Å². The van der Waals surface area contributed by atoms with Crippen molar-refractivity contribution in [1.82, 2.24) is 4.90 Å². The molecule has 0 radical (unpaired) electrons. The minimum Gasteiger partial charge on any atom is -0.618 e. The molecular formula is C17H20ClN3O2. The van der Waals surface area contributed by atoms with E-state index < -0.39 is 6.10 Å². The Labute approximate surface area is 140 Å². The van der Waals surface area contributed by atoms with Crippen molar-refractivity contribution in [3.63, 3.8) is 0 Å². The molecule has 0 saturated carbocycles. The van der Waals surface area contributed by atoms with Crippen LogP contribution in [0.25, 0.3) is 0 Å². The largest absolute Gasteiger partial charge is 0.618 e. The molecule has 1 aromatic heterocycles. The molecule has 0 spiro atoms. The van der Waals surface area contributed by atoms with E-state index >= 15 is 0 Å². The third kappa shape index (κ3) is 3.93. The monoisotopic (exact) mass is 333 g/mol. The number of aliphatic hydroxyl groups is 1. The van der Waals surface area contributed by atoms with Gasteiger partial charge in [-0.1, -0.05) is 17.7 Å². The summed E-state index contributed by atoms with van der Waals surface area (Å²) in [5.74, 6) is 0. The summed E-state index contributed by atoms with van der Waals surface area (Å²) >= 11 is 6.04. The molecule has 2 heterocycles. The van der Waals surface area contributed by atoms with Crippen LogP contribution in [0.4, 0.5) is 5.69 Å². The molecule has 6 heteroatoms. The predicted molar refractivity (Wildman–Crippen MR) is 90.5 cm³/mol. The number of aliphatic hydroxyl groups excluding tert-OH is 1. The van der Waals surface area contributed by atoms with E-state index in [0.29, 0.717) is 12.2 Å². The Hall–Kier alpha value is -1.82. The molecule has 0 bridgehead atoms. The highest BCUT2D eigenvalue weighted by molar-refractivity contribution is 6.30. The highest BCUT2D eigenvalue weighted by atomic mass is 35.5. The average molecular weight is 334 g/mol. The lowest BCUT2D eigenvalue weighted by Crippen LogP contribution is -2.48. The van der Waals surface area contributed by atoms with E-state index in [9.17, 15) is 10.3 Å². The van der Waals surface area contributed by atoms with E-state index in [4.69, 9.17) is 11.6 Å². The van der Waals surface area contributed by atoms with Crippen molar-refractivity contribution in [2.45, 2.75) is 6.10 Å². The molecule has 0 unspecified atom stereocenters. The van der Waals surface area contributed by atoms with Crippen molar-refractivity contribution in [2.75, 3.05) is 37.6 Å². The average Bonchev–Trinajstić information content (AvgIpc) is 2.56. The number of β-amino-alcohol motifs (C(OH)–C–C–N with tert-alkyl or cyclic N) is 1. The molecule has 0 aliphatic carbocycles. The van der Waals surface area contributed by atoms with Crippen LogP contribution < -0.4 is 9.63 Å². The minimum absolute atomic E-state index is 0.393. The quantitative estimate of drug-likeness (QED) is 0.685. The summed E-state index contributed by atoms with van der Waals surface area (Å²) in [4.78, 5) is 4.46. The number of piperazine rings is 1. The summed E-state index contributed by atoms with van der Waals surface area (Å²) in [5, 5.41) is 22.7. The van der Waals surface area contributed by atoms with Crippen molar-refractivity contribution >= 4 is 17.3 Å². The van der Waals surface area contributed by atoms with Crippen molar-refractivity contribution in [3.05, 3.63) is 64.6 Å². The molecule has 1 aliphatic heterocycles. The molecule has 1 saturated heterocycles. The van der Waals surface area contributed by atoms with Gasteiger partial charge < -0.3 is 15.2 Å². The Balaban J connectivity index is 1.56. The van der Waals surface area contributed by atoms with Crippen molar-refractivity contribution < 1.29 is 9.84 Å². The number of anilines is 1. The molecule has 1 aliphatic rings. The lowest BCUT2D eigenvalue weighted by Gasteiger charge is -2.36. The summed E-state index contributed by atoms with van der Waals surface area (Å²) in [6.45, 7) is 3.90. The van der Waals surface area contributed by atoms with Gasteiger partial charge in [0, 0.05) is 55.6 Å². The van der Waals surface area contributed by atoms with E-state index in [-0.39, 0.29) is 0 Å². The van der Waals surface area contributed by atoms with Gasteiger partial charge >= 0.3 is 0 Å². The molecule has 1 aromatic carbocycles. The molecule has 5 nitrogen and oxygen atoms in total. The number of benzene rings is 1. The highest BCUT2D eigenvalue weighted by Crippen LogP contribution is 2.21. The zero-order valence-corrected chi connectivity index (χ0v) is 13.6. The first-order chi connectivity index (χ1) is 11.1. The summed E-state index contributed by atoms with van der Waals surface area (Å²) in [6.07, 6.45) is 0.641. The maximum atomic E-state index is 11.7. The molecule has 1 fully saturated rings. The van der Waals surface area contributed by atoms with E-state index in [1.807, 2.05) is 18.2 Å². The van der Waals surface area contributed by atoms with Crippen LogP contribution in [0, 0.1) is 5.21 Å². The van der Waals surface area contributed by atoms with Crippen LogP contribution in [-0.4, -0.2) is 42.7 Å². The molecular weight excluding hydrogens is 314 g/mol. The Morgan fingerprint density at radius 2 is 1.91 bits per heavy atom. The Kier molecular flexibility index (Phi) is 5.00. The topological polar surface area (TPSA) is 53.7 Å². The van der Waals surface area contributed by atoms with Gasteiger partial charge in [0.2, 0.25) is 5.69 Å². The van der Waals surface area contributed by atoms with Gasteiger partial charge in [0.05, 0.1) is 0 Å². The molecule has 0 amide bonds. The molecule has 2 aromatic rings. The Bertz CT molecular complexity index is 660. The predicted octanol–water partition coefficient (Wildman–Crippen LogP) is 1.83. The van der Waals surface area contributed by atoms with Gasteiger partial charge in [-0.3, -0.25) is 4.90 Å². The van der Waals surface area contributed by atoms with Gasteiger partial charge in [-0.25, -0.2) is 0 Å². The third-order valence-electron chi connectivity index (χ3n) is 4.17. The van der Waals surface area contributed by atoms with Crippen LogP contribution in [0.15, 0.2) is 48.7 Å². The second-order valence-electron chi connectivity index (χ2n) is 5.73. The fraction of sp³-hybridized carbons (Fsp3) is 0.353. The van der Waals surface area contributed by atoms with Gasteiger partial charge in [-0.05, 0) is 24.3 Å². The standard InChI is InChI=1S/C17H20ClN3O2/c18-14-4-3-5-15(12-14)20-10-8-19(9-11-20)13-17(22)16-6-1-2-7-21(16)23/h1-7,12,17,22H,8-11,13H2/t17-/m1/s1. The normalized spacial score (nSPS) is 17.2. The van der Waals surface area contributed by atoms with Crippen molar-refractivity contribution in [3.8, 4) is 0 Å². The molecule has 3 rings (SSSR count). The van der Waals surface area contributed by atoms with E-state index in [1.165, 1.54) is 6.20 Å². The SMILES string of the molecule is [O-][n+]1ccccc1[C@H](O)CN1CCN(c2cccc(Cl)c2)CC1. The summed E-state index contributed by atoms with van der Waals surface area (Å²) in [5.41, 5.74) is 1.52. The van der Waals surface area contributed by atoms with Crippen LogP contribution >= 0.6 is 11.6 Å². The third-order valence-corrected chi connectivity index (χ3v) is 4.41. The number of nitrogens with zero attached hydrogens (tertiary/aromatic N) is 3. The summed E-state index contributed by atoms with van der Waals surface area (Å²) in [6, 6.07) is 12.9. The highest BCUT2D eigenvalue weighted by Gasteiger charge is 2.23. The van der Waals surface area contributed by atoms with E-state index in [1.54, 1.807) is 18.2 Å². The minimum atomic E-state index is -0.772. The zero-order valence-electron chi connectivity index (χ0n) is 12.8. The summed E-state index contributed by atoms with van der Waals surface area (Å²) in [7, 11) is 0. The first kappa shape index (κ1) is 16.1. The van der Waals surface area contributed by atoms with Gasteiger partial charge in [-0.2, -0.15) is 4.73 Å². The van der Waals surface area contributed by atoms with Gasteiger partial charge in [0.15, 0.2) is 12.3 Å². The maximum absolute atomic E-state index is 11.7. The number of halogens is 1. The lowest BCUT2D eigenvalue weighted by atomic mass is 10.2. The van der Waals surface area contributed by atoms with Gasteiger partial charge in [0.25, 0.3) is 0 Å². The number of aromatic nitrogens is 1. The second kappa shape index (κ2) is 7.17. The fourth-order valence-corrected chi connectivity index (χ4v) is 3.08. The number of pyridine rings is 1. The number of rotatable bonds is 4. The summed E-state index contributed by atoms with van der Waals surface area (Å²) < 4.78 is 0.729. The molecule has 23 heavy (non-hydrogen) atoms. The molecule has 1 N–H and O–H groups in total. The van der Waals surface area contributed by atoms with Crippen LogP contribution in [-0.2, 0) is 0 Å². The lowest BCUT2D eigenvalue weighted by molar-refractivity contribution is -0.618. The van der Waals surface area contributed by atoms with Crippen molar-refractivity contribution in [1.29, 1.82) is 0 Å². The van der Waals surface area contributed by atoms with Crippen LogP contribution in [0.2, 0.25) is 5.02 Å². The van der Waals surface area contributed by atoms with Crippen molar-refractivity contribution in [2.24, 2.45) is 0 Å². The van der Waals surface area contributed by atoms with Crippen LogP contribution in [0.3, 0.4) is 0 Å². The Morgan fingerprint density at radius 1 is 1.13 bits per heavy atom. The Morgan fingerprint density at radius 3 is 2.61 bits per heavy atom. The molecule has 1 atom stereocenters. The van der Waals surface area contributed by atoms with Crippen LogP contribution in [0.5, 0.6) is 0 Å². The molecule has 122 valence electrons. The van der Waals surface area contributed by atoms with Gasteiger partial charge in [0.1, 0.15) is 0 Å². The first-order valence-electron chi connectivity index (χ1n) is 7.72. The number of hydrogen-bond acceptors (Lipinski definition) is 4. The first-order valence-corrected chi connectivity index (χ1v) is 8.10. The fourth-order valence-electron chi connectivity index (χ4n) is 2.90. The van der Waals surface area contributed by atoms with Crippen LogP contribution in [0.1, 0.15) is 11.8 Å². The van der Waals surface area contributed by atoms with Gasteiger partial charge in [-0.15, -0.1) is 0 Å². The maximum Gasteiger partial charge on any atom is 0.222 e. The number of hydrogen-bond donors (Lipinski definition) is 1. The smallest absolute Gasteiger partial charge is 0.222 e. The second-order valence-corrected chi connectivity index (χ2v) is 6.17.